The Balaban J connectivity index is 1.13. The average molecular weight is 478 g/mol. The van der Waals surface area contributed by atoms with E-state index in [1.807, 2.05) is 22.9 Å². The smallest absolute Gasteiger partial charge is 0.227 e. The molecule has 184 valence electrons. The molecule has 0 radical (unpaired) electrons. The molecule has 8 heteroatoms. The number of nitrogens with zero attached hydrogens (tertiary/aromatic N) is 5. The number of ether oxygens (including phenoxy) is 1. The second-order valence-electron chi connectivity index (χ2n) is 9.53. The van der Waals surface area contributed by atoms with Gasteiger partial charge in [0.25, 0.3) is 0 Å². The van der Waals surface area contributed by atoms with Crippen LogP contribution in [0.3, 0.4) is 0 Å². The number of unbranched alkanes of at least 4 members (excludes halogenated alkanes) is 1. The molecule has 2 aliphatic rings. The number of aromatic nitrogens is 4. The van der Waals surface area contributed by atoms with Crippen molar-refractivity contribution in [3.8, 4) is 5.75 Å². The van der Waals surface area contributed by atoms with Crippen LogP contribution in [0.5, 0.6) is 5.75 Å². The van der Waals surface area contributed by atoms with E-state index < -0.39 is 0 Å². The second kappa shape index (κ2) is 11.0. The number of tetrazole rings is 1. The molecule has 2 heterocycles. The highest BCUT2D eigenvalue weighted by Crippen LogP contribution is 2.32. The summed E-state index contributed by atoms with van der Waals surface area (Å²) in [6, 6.07) is 12.7. The lowest BCUT2D eigenvalue weighted by molar-refractivity contribution is -0.119. The molecule has 0 N–H and O–H groups in total. The Bertz CT molecular complexity index is 1140. The molecule has 0 saturated heterocycles. The standard InChI is InChI=1S/C27H32FN5O2/c28-22-12-9-20(10-13-22)19-32-25-15-14-24(18-21(25)11-16-27(32)34)35-17-5-4-8-26-29-30-31-33(26)23-6-2-1-3-7-23/h9-10,12-15,18,23H,1-8,11,16-17,19H2. The van der Waals surface area contributed by atoms with E-state index in [9.17, 15) is 9.18 Å². The SMILES string of the molecule is O=C1CCc2cc(OCCCCc3nnnn3C3CCCCC3)ccc2N1Cc1ccc(F)cc1. The highest BCUT2D eigenvalue weighted by Gasteiger charge is 2.25. The van der Waals surface area contributed by atoms with Crippen LogP contribution in [0.25, 0.3) is 0 Å². The Labute approximate surface area is 205 Å². The minimum atomic E-state index is -0.274. The van der Waals surface area contributed by atoms with Crippen LogP contribution in [0, 0.1) is 5.82 Å². The number of carbonyl (C=O) groups is 1. The first-order chi connectivity index (χ1) is 17.2. The van der Waals surface area contributed by atoms with Gasteiger partial charge >= 0.3 is 0 Å². The van der Waals surface area contributed by atoms with Gasteiger partial charge in [-0.1, -0.05) is 31.4 Å². The maximum Gasteiger partial charge on any atom is 0.227 e. The zero-order valence-corrected chi connectivity index (χ0v) is 20.0. The lowest BCUT2D eigenvalue weighted by Gasteiger charge is -2.30. The molecule has 1 amide bonds. The van der Waals surface area contributed by atoms with Crippen LogP contribution in [0.15, 0.2) is 42.5 Å². The molecule has 1 aromatic heterocycles. The topological polar surface area (TPSA) is 73.1 Å². The minimum Gasteiger partial charge on any atom is -0.494 e. The first-order valence-electron chi connectivity index (χ1n) is 12.7. The maximum absolute atomic E-state index is 13.2. The molecule has 1 saturated carbocycles. The molecule has 0 spiro atoms. The lowest BCUT2D eigenvalue weighted by Crippen LogP contribution is -2.34. The molecule has 1 fully saturated rings. The maximum atomic E-state index is 13.2. The Morgan fingerprint density at radius 2 is 1.83 bits per heavy atom. The highest BCUT2D eigenvalue weighted by molar-refractivity contribution is 5.96. The van der Waals surface area contributed by atoms with E-state index in [2.05, 4.69) is 15.5 Å². The summed E-state index contributed by atoms with van der Waals surface area (Å²) in [6.45, 7) is 1.06. The molecule has 7 nitrogen and oxygen atoms in total. The summed E-state index contributed by atoms with van der Waals surface area (Å²) in [5.41, 5.74) is 2.92. The third kappa shape index (κ3) is 5.69. The summed E-state index contributed by atoms with van der Waals surface area (Å²) in [5, 5.41) is 12.4. The summed E-state index contributed by atoms with van der Waals surface area (Å²) in [4.78, 5) is 14.4. The molecule has 1 aliphatic heterocycles. The lowest BCUT2D eigenvalue weighted by atomic mass is 9.95. The van der Waals surface area contributed by atoms with E-state index in [4.69, 9.17) is 4.74 Å². The van der Waals surface area contributed by atoms with Crippen LogP contribution in [-0.2, 0) is 24.2 Å². The largest absolute Gasteiger partial charge is 0.494 e. The van der Waals surface area contributed by atoms with Crippen molar-refractivity contribution in [2.24, 2.45) is 0 Å². The predicted molar refractivity (Wildman–Crippen MR) is 131 cm³/mol. The Hall–Kier alpha value is -3.29. The molecule has 2 aromatic carbocycles. The number of benzene rings is 2. The van der Waals surface area contributed by atoms with Gasteiger partial charge in [-0.05, 0) is 84.0 Å². The average Bonchev–Trinajstić information content (AvgIpc) is 3.36. The van der Waals surface area contributed by atoms with Gasteiger partial charge < -0.3 is 9.64 Å². The number of aryl methyl sites for hydroxylation is 2. The van der Waals surface area contributed by atoms with Crippen molar-refractivity contribution in [1.82, 2.24) is 20.2 Å². The molecule has 1 aliphatic carbocycles. The monoisotopic (exact) mass is 477 g/mol. The van der Waals surface area contributed by atoms with Gasteiger partial charge in [0, 0.05) is 18.5 Å². The number of hydrogen-bond acceptors (Lipinski definition) is 5. The van der Waals surface area contributed by atoms with Crippen LogP contribution in [0.1, 0.15) is 74.4 Å². The normalized spacial score (nSPS) is 16.4. The van der Waals surface area contributed by atoms with E-state index in [1.165, 1.54) is 44.2 Å². The minimum absolute atomic E-state index is 0.0889. The van der Waals surface area contributed by atoms with Gasteiger partial charge in [0.2, 0.25) is 5.91 Å². The Kier molecular flexibility index (Phi) is 7.35. The summed E-state index contributed by atoms with van der Waals surface area (Å²) >= 11 is 0. The fourth-order valence-corrected chi connectivity index (χ4v) is 5.13. The number of amides is 1. The Morgan fingerprint density at radius 3 is 2.66 bits per heavy atom. The molecule has 5 rings (SSSR count). The first-order valence-corrected chi connectivity index (χ1v) is 12.7. The van der Waals surface area contributed by atoms with Crippen LogP contribution < -0.4 is 9.64 Å². The predicted octanol–water partition coefficient (Wildman–Crippen LogP) is 5.20. The van der Waals surface area contributed by atoms with Crippen molar-refractivity contribution < 1.29 is 13.9 Å². The van der Waals surface area contributed by atoms with Gasteiger partial charge in [-0.15, -0.1) is 5.10 Å². The summed E-state index contributed by atoms with van der Waals surface area (Å²) < 4.78 is 21.3. The highest BCUT2D eigenvalue weighted by atomic mass is 19.1. The Morgan fingerprint density at radius 1 is 1.00 bits per heavy atom. The number of hydrogen-bond donors (Lipinski definition) is 0. The van der Waals surface area contributed by atoms with Gasteiger partial charge in [0.15, 0.2) is 5.82 Å². The quantitative estimate of drug-likeness (QED) is 0.396. The zero-order valence-electron chi connectivity index (χ0n) is 20.0. The van der Waals surface area contributed by atoms with Gasteiger partial charge in [0.1, 0.15) is 11.6 Å². The second-order valence-corrected chi connectivity index (χ2v) is 9.53. The van der Waals surface area contributed by atoms with Gasteiger partial charge in [-0.2, -0.15) is 0 Å². The summed E-state index contributed by atoms with van der Waals surface area (Å²) in [7, 11) is 0. The fourth-order valence-electron chi connectivity index (χ4n) is 5.13. The molecular formula is C27H32FN5O2. The van der Waals surface area contributed by atoms with Crippen molar-refractivity contribution in [3.63, 3.8) is 0 Å². The molecule has 3 aromatic rings. The van der Waals surface area contributed by atoms with Crippen molar-refractivity contribution in [3.05, 3.63) is 65.2 Å². The van der Waals surface area contributed by atoms with Gasteiger partial charge in [0.05, 0.1) is 19.2 Å². The van der Waals surface area contributed by atoms with Gasteiger partial charge in [-0.3, -0.25) is 4.79 Å². The third-order valence-electron chi connectivity index (χ3n) is 7.05. The van der Waals surface area contributed by atoms with Crippen LogP contribution >= 0.6 is 0 Å². The molecule has 0 atom stereocenters. The molecule has 35 heavy (non-hydrogen) atoms. The molecule has 0 unspecified atom stereocenters. The van der Waals surface area contributed by atoms with E-state index in [-0.39, 0.29) is 11.7 Å². The number of anilines is 1. The zero-order chi connectivity index (χ0) is 24.0. The van der Waals surface area contributed by atoms with E-state index >= 15 is 0 Å². The molecule has 0 bridgehead atoms. The van der Waals surface area contributed by atoms with Crippen LogP contribution in [0.2, 0.25) is 0 Å². The summed E-state index contributed by atoms with van der Waals surface area (Å²) in [6.07, 6.45) is 10.1. The van der Waals surface area contributed by atoms with Gasteiger partial charge in [-0.25, -0.2) is 9.07 Å². The van der Waals surface area contributed by atoms with E-state index in [0.29, 0.717) is 32.0 Å². The molecular weight excluding hydrogens is 445 g/mol. The number of fused-ring (bicyclic) bond motifs is 1. The first kappa shape index (κ1) is 23.5. The van der Waals surface area contributed by atoms with E-state index in [1.54, 1.807) is 17.0 Å². The van der Waals surface area contributed by atoms with Crippen molar-refractivity contribution in [1.29, 1.82) is 0 Å². The fraction of sp³-hybridized carbons (Fsp3) is 0.481. The number of carbonyl (C=O) groups excluding carboxylic acids is 1. The summed E-state index contributed by atoms with van der Waals surface area (Å²) in [5.74, 6) is 1.62. The number of rotatable bonds is 9. The van der Waals surface area contributed by atoms with Crippen LogP contribution in [-0.4, -0.2) is 32.7 Å². The van der Waals surface area contributed by atoms with Crippen molar-refractivity contribution in [2.45, 2.75) is 76.8 Å². The third-order valence-corrected chi connectivity index (χ3v) is 7.05. The van der Waals surface area contributed by atoms with E-state index in [0.717, 1.165) is 47.7 Å². The van der Waals surface area contributed by atoms with Crippen molar-refractivity contribution >= 4 is 11.6 Å². The van der Waals surface area contributed by atoms with Crippen LogP contribution in [0.4, 0.5) is 10.1 Å². The number of halogens is 1. The van der Waals surface area contributed by atoms with Crippen molar-refractivity contribution in [2.75, 3.05) is 11.5 Å².